The van der Waals surface area contributed by atoms with Gasteiger partial charge in [0.15, 0.2) is 0 Å². The second-order valence-electron chi connectivity index (χ2n) is 10.2. The van der Waals surface area contributed by atoms with Crippen LogP contribution in [0.2, 0.25) is 0 Å². The van der Waals surface area contributed by atoms with Crippen LogP contribution in [-0.4, -0.2) is 50.0 Å². The van der Waals surface area contributed by atoms with Crippen LogP contribution in [0.1, 0.15) is 36.2 Å². The van der Waals surface area contributed by atoms with Crippen molar-refractivity contribution in [3.63, 3.8) is 0 Å². The van der Waals surface area contributed by atoms with Gasteiger partial charge in [0.1, 0.15) is 24.8 Å². The van der Waals surface area contributed by atoms with Crippen LogP contribution < -0.4 is 11.1 Å². The molecule has 0 bridgehead atoms. The van der Waals surface area contributed by atoms with E-state index in [1.165, 1.54) is 17.8 Å². The lowest BCUT2D eigenvalue weighted by molar-refractivity contribution is -0.138. The topological polar surface area (TPSA) is 155 Å². The Kier molecular flexibility index (Phi) is 9.48. The lowest BCUT2D eigenvalue weighted by Crippen LogP contribution is -2.36. The van der Waals surface area contributed by atoms with E-state index in [1.807, 2.05) is 6.07 Å². The zero-order valence-electron chi connectivity index (χ0n) is 23.0. The molecular weight excluding hydrogens is 563 g/mol. The molecule has 10 nitrogen and oxygen atoms in total. The number of amides is 2. The Hall–Kier alpha value is -4.42. The molecule has 2 amide bonds. The van der Waals surface area contributed by atoms with Crippen LogP contribution in [0.4, 0.5) is 15.0 Å². The molecule has 220 valence electrons. The van der Waals surface area contributed by atoms with E-state index in [0.29, 0.717) is 22.0 Å². The standard InChI is InChI=1S/C30H31FN4O6S/c1-30(2,40)19-11-12-21(23(31)13-19)24-14-22(27(32)38)28(42-24)34-25-10-6-9-20(33-25)15-35(16-26(36)37)29(39)41-17-18-7-4-3-5-8-18/h3-14,22,28,40H,15-17H2,1-2H3,(H2,32,38)(H,33,34)(H,36,37). The lowest BCUT2D eigenvalue weighted by atomic mass is 9.96. The number of hydrogen-bond donors (Lipinski definition) is 4. The maximum atomic E-state index is 15.0. The van der Waals surface area contributed by atoms with Crippen LogP contribution >= 0.6 is 11.8 Å². The molecule has 2 aromatic carbocycles. The summed E-state index contributed by atoms with van der Waals surface area (Å²) in [5.41, 5.74) is 6.24. The van der Waals surface area contributed by atoms with Crippen LogP contribution in [0.3, 0.4) is 0 Å². The molecule has 0 saturated heterocycles. The Morgan fingerprint density at radius 3 is 2.50 bits per heavy atom. The van der Waals surface area contributed by atoms with Gasteiger partial charge in [0.2, 0.25) is 5.91 Å². The number of pyridine rings is 1. The fourth-order valence-electron chi connectivity index (χ4n) is 4.25. The Morgan fingerprint density at radius 1 is 1.12 bits per heavy atom. The number of nitrogens with zero attached hydrogens (tertiary/aromatic N) is 2. The summed E-state index contributed by atoms with van der Waals surface area (Å²) in [6.07, 6.45) is 0.779. The lowest BCUT2D eigenvalue weighted by Gasteiger charge is -2.21. The third kappa shape index (κ3) is 7.86. The molecule has 1 aliphatic heterocycles. The van der Waals surface area contributed by atoms with E-state index in [9.17, 15) is 29.0 Å². The summed E-state index contributed by atoms with van der Waals surface area (Å²) in [4.78, 5) is 42.4. The summed E-state index contributed by atoms with van der Waals surface area (Å²) in [5, 5.41) is 22.1. The minimum Gasteiger partial charge on any atom is -0.480 e. The van der Waals surface area contributed by atoms with Gasteiger partial charge in [0.25, 0.3) is 0 Å². The average molecular weight is 595 g/mol. The van der Waals surface area contributed by atoms with Crippen LogP contribution in [-0.2, 0) is 33.1 Å². The van der Waals surface area contributed by atoms with Crippen LogP contribution in [0.25, 0.3) is 4.91 Å². The number of ether oxygens (including phenoxy) is 1. The van der Waals surface area contributed by atoms with Crippen molar-refractivity contribution in [3.8, 4) is 0 Å². The smallest absolute Gasteiger partial charge is 0.410 e. The molecule has 4 rings (SSSR count). The zero-order valence-corrected chi connectivity index (χ0v) is 23.8. The summed E-state index contributed by atoms with van der Waals surface area (Å²) >= 11 is 1.20. The number of anilines is 1. The number of carboxylic acid groups (broad SMARTS) is 1. The Balaban J connectivity index is 1.47. The number of carbonyl (C=O) groups excluding carboxylic acids is 2. The largest absolute Gasteiger partial charge is 0.480 e. The van der Waals surface area contributed by atoms with E-state index in [2.05, 4.69) is 10.3 Å². The number of rotatable bonds is 11. The molecule has 12 heteroatoms. The molecule has 5 N–H and O–H groups in total. The van der Waals surface area contributed by atoms with Gasteiger partial charge in [-0.2, -0.15) is 0 Å². The highest BCUT2D eigenvalue weighted by Gasteiger charge is 2.34. The van der Waals surface area contributed by atoms with Gasteiger partial charge in [-0.1, -0.05) is 66.4 Å². The maximum absolute atomic E-state index is 15.0. The average Bonchev–Trinajstić information content (AvgIpc) is 3.35. The molecule has 2 unspecified atom stereocenters. The van der Waals surface area contributed by atoms with Crippen molar-refractivity contribution >= 4 is 40.5 Å². The first-order valence-corrected chi connectivity index (χ1v) is 13.9. The number of benzene rings is 2. The Labute approximate surface area is 246 Å². The van der Waals surface area contributed by atoms with Crippen molar-refractivity contribution in [1.82, 2.24) is 9.88 Å². The van der Waals surface area contributed by atoms with Gasteiger partial charge in [-0.15, -0.1) is 0 Å². The number of aliphatic carboxylic acids is 1. The molecular formula is C30H31FN4O6S. The Bertz CT molecular complexity index is 1490. The predicted octanol–water partition coefficient (Wildman–Crippen LogP) is 4.30. The Morgan fingerprint density at radius 2 is 1.86 bits per heavy atom. The molecule has 1 aromatic heterocycles. The quantitative estimate of drug-likeness (QED) is 0.254. The number of aromatic nitrogens is 1. The number of nitrogens with one attached hydrogen (secondary N) is 1. The molecule has 2 atom stereocenters. The number of nitrogens with two attached hydrogens (primary N) is 1. The van der Waals surface area contributed by atoms with Gasteiger partial charge in [-0.25, -0.2) is 14.2 Å². The minimum atomic E-state index is -1.22. The van der Waals surface area contributed by atoms with Gasteiger partial charge >= 0.3 is 12.1 Å². The maximum Gasteiger partial charge on any atom is 0.410 e. The zero-order chi connectivity index (χ0) is 30.4. The van der Waals surface area contributed by atoms with E-state index in [4.69, 9.17) is 10.5 Å². The van der Waals surface area contributed by atoms with Gasteiger partial charge < -0.3 is 26.0 Å². The summed E-state index contributed by atoms with van der Waals surface area (Å²) in [7, 11) is 0. The minimum absolute atomic E-state index is 0.0192. The first-order chi connectivity index (χ1) is 19.9. The molecule has 0 spiro atoms. The number of thioether (sulfide) groups is 1. The fraction of sp³-hybridized carbons (Fsp3) is 0.267. The van der Waals surface area contributed by atoms with E-state index in [1.54, 1.807) is 74.5 Å². The summed E-state index contributed by atoms with van der Waals surface area (Å²) in [6.45, 7) is 2.36. The van der Waals surface area contributed by atoms with Gasteiger partial charge in [-0.3, -0.25) is 14.5 Å². The van der Waals surface area contributed by atoms with E-state index < -0.39 is 47.2 Å². The third-order valence-corrected chi connectivity index (χ3v) is 7.69. The second-order valence-corrected chi connectivity index (χ2v) is 11.4. The first kappa shape index (κ1) is 30.5. The summed E-state index contributed by atoms with van der Waals surface area (Å²) in [6, 6.07) is 18.4. The summed E-state index contributed by atoms with van der Waals surface area (Å²) in [5.74, 6) is -2.82. The number of carboxylic acids is 1. The van der Waals surface area contributed by atoms with E-state index in [-0.39, 0.29) is 18.7 Å². The van der Waals surface area contributed by atoms with Gasteiger partial charge in [-0.05, 0) is 43.2 Å². The number of halogens is 1. The number of primary amides is 1. The SMILES string of the molecule is CC(C)(O)c1ccc(C2=CC(C(N)=O)C(Nc3cccc(CN(CC(=O)O)C(=O)OCc4ccccc4)n3)S2)c(F)c1. The molecule has 0 radical (unpaired) electrons. The molecule has 2 heterocycles. The number of carbonyl (C=O) groups is 3. The molecule has 0 aliphatic carbocycles. The van der Waals surface area contributed by atoms with Crippen molar-refractivity contribution in [2.24, 2.45) is 11.7 Å². The fourth-order valence-corrected chi connectivity index (χ4v) is 5.58. The van der Waals surface area contributed by atoms with Crippen molar-refractivity contribution < 1.29 is 33.7 Å². The molecule has 3 aromatic rings. The van der Waals surface area contributed by atoms with Crippen LogP contribution in [0, 0.1) is 11.7 Å². The molecule has 0 saturated carbocycles. The van der Waals surface area contributed by atoms with Crippen LogP contribution in [0.15, 0.2) is 72.8 Å². The highest BCUT2D eigenvalue weighted by Crippen LogP contribution is 2.43. The molecule has 1 aliphatic rings. The normalized spacial score (nSPS) is 16.4. The highest BCUT2D eigenvalue weighted by molar-refractivity contribution is 8.09. The summed E-state index contributed by atoms with van der Waals surface area (Å²) < 4.78 is 20.3. The van der Waals surface area contributed by atoms with E-state index in [0.717, 1.165) is 10.5 Å². The van der Waals surface area contributed by atoms with Gasteiger partial charge in [0, 0.05) is 10.5 Å². The van der Waals surface area contributed by atoms with Crippen molar-refractivity contribution in [3.05, 3.63) is 101 Å². The third-order valence-electron chi connectivity index (χ3n) is 6.42. The highest BCUT2D eigenvalue weighted by atomic mass is 32.2. The second kappa shape index (κ2) is 13.0. The number of aliphatic hydroxyl groups is 1. The predicted molar refractivity (Wildman–Crippen MR) is 156 cm³/mol. The van der Waals surface area contributed by atoms with Crippen molar-refractivity contribution in [1.29, 1.82) is 0 Å². The molecule has 0 fully saturated rings. The van der Waals surface area contributed by atoms with Crippen molar-refractivity contribution in [2.45, 2.75) is 38.0 Å². The monoisotopic (exact) mass is 594 g/mol. The van der Waals surface area contributed by atoms with E-state index >= 15 is 0 Å². The van der Waals surface area contributed by atoms with Gasteiger partial charge in [0.05, 0.1) is 29.1 Å². The van der Waals surface area contributed by atoms with Crippen molar-refractivity contribution in [2.75, 3.05) is 11.9 Å². The number of hydrogen-bond acceptors (Lipinski definition) is 8. The molecule has 42 heavy (non-hydrogen) atoms. The van der Waals surface area contributed by atoms with Crippen LogP contribution in [0.5, 0.6) is 0 Å². The first-order valence-electron chi connectivity index (χ1n) is 13.0.